The molecule has 0 atom stereocenters. The van der Waals surface area contributed by atoms with Crippen molar-refractivity contribution in [1.82, 2.24) is 0 Å². The van der Waals surface area contributed by atoms with Crippen LogP contribution in [0, 0.1) is 26.6 Å². The van der Waals surface area contributed by atoms with Crippen molar-refractivity contribution in [3.8, 4) is 0 Å². The molecule has 0 aliphatic heterocycles. The number of carbonyl (C=O) groups excluding carboxylic acids is 1. The highest BCUT2D eigenvalue weighted by molar-refractivity contribution is 6.04. The third-order valence-electron chi connectivity index (χ3n) is 3.46. The van der Waals surface area contributed by atoms with Crippen LogP contribution in [0.3, 0.4) is 0 Å². The predicted molar refractivity (Wildman–Crippen MR) is 84.1 cm³/mol. The highest BCUT2D eigenvalue weighted by Crippen LogP contribution is 2.16. The molecule has 0 aromatic heterocycles. The molecule has 108 valence electrons. The number of hydrogen-bond acceptors (Lipinski definition) is 2. The van der Waals surface area contributed by atoms with Crippen LogP contribution in [0.15, 0.2) is 48.7 Å². The van der Waals surface area contributed by atoms with Gasteiger partial charge in [-0.25, -0.2) is 4.39 Å². The van der Waals surface area contributed by atoms with E-state index in [1.807, 2.05) is 39.0 Å². The minimum atomic E-state index is -0.308. The summed E-state index contributed by atoms with van der Waals surface area (Å²) in [6, 6.07) is 10.1. The lowest BCUT2D eigenvalue weighted by atomic mass is 10.0. The van der Waals surface area contributed by atoms with Gasteiger partial charge in [0.05, 0.1) is 0 Å². The molecular formula is C18H18FNO. The number of nitrogens with one attached hydrogen (secondary N) is 1. The van der Waals surface area contributed by atoms with Crippen LogP contribution in [-0.4, -0.2) is 5.78 Å². The number of anilines is 1. The van der Waals surface area contributed by atoms with Gasteiger partial charge in [0.1, 0.15) is 5.82 Å². The largest absolute Gasteiger partial charge is 0.361 e. The maximum atomic E-state index is 13.1. The third-order valence-corrected chi connectivity index (χ3v) is 3.46. The highest BCUT2D eigenvalue weighted by atomic mass is 19.1. The summed E-state index contributed by atoms with van der Waals surface area (Å²) < 4.78 is 13.1. The average Bonchev–Trinajstić information content (AvgIpc) is 2.45. The standard InChI is InChI=1S/C18H18FNO/c1-12-4-6-15(10-14(12)3)18(21)8-9-20-17-11-16(19)7-5-13(17)2/h4-11,20H,1-3H3/b9-8+. The van der Waals surface area contributed by atoms with Crippen LogP contribution in [0.4, 0.5) is 10.1 Å². The molecule has 2 aromatic carbocycles. The zero-order chi connectivity index (χ0) is 15.4. The Kier molecular flexibility index (Phi) is 4.53. The Bertz CT molecular complexity index is 704. The first-order valence-electron chi connectivity index (χ1n) is 6.78. The quantitative estimate of drug-likeness (QED) is 0.658. The molecule has 21 heavy (non-hydrogen) atoms. The molecule has 0 saturated carbocycles. The van der Waals surface area contributed by atoms with Gasteiger partial charge in [-0.1, -0.05) is 18.2 Å². The molecule has 0 amide bonds. The van der Waals surface area contributed by atoms with E-state index >= 15 is 0 Å². The van der Waals surface area contributed by atoms with Crippen LogP contribution in [0.25, 0.3) is 0 Å². The molecule has 0 saturated heterocycles. The zero-order valence-corrected chi connectivity index (χ0v) is 12.4. The van der Waals surface area contributed by atoms with Crippen LogP contribution in [0.2, 0.25) is 0 Å². The smallest absolute Gasteiger partial charge is 0.187 e. The van der Waals surface area contributed by atoms with Gasteiger partial charge in [0.15, 0.2) is 5.78 Å². The van der Waals surface area contributed by atoms with E-state index in [1.165, 1.54) is 18.2 Å². The molecular weight excluding hydrogens is 265 g/mol. The fraction of sp³-hybridized carbons (Fsp3) is 0.167. The normalized spacial score (nSPS) is 10.9. The first kappa shape index (κ1) is 15.0. The van der Waals surface area contributed by atoms with E-state index in [0.717, 1.165) is 16.7 Å². The van der Waals surface area contributed by atoms with E-state index < -0.39 is 0 Å². The molecule has 2 rings (SSSR count). The van der Waals surface area contributed by atoms with Gasteiger partial charge >= 0.3 is 0 Å². The van der Waals surface area contributed by atoms with Crippen molar-refractivity contribution in [2.24, 2.45) is 0 Å². The van der Waals surface area contributed by atoms with Crippen molar-refractivity contribution in [2.75, 3.05) is 5.32 Å². The highest BCUT2D eigenvalue weighted by Gasteiger charge is 2.03. The van der Waals surface area contributed by atoms with Gasteiger partial charge in [-0.05, 0) is 55.7 Å². The van der Waals surface area contributed by atoms with Crippen LogP contribution >= 0.6 is 0 Å². The summed E-state index contributed by atoms with van der Waals surface area (Å²) in [5.41, 5.74) is 4.46. The number of halogens is 1. The molecule has 0 bridgehead atoms. The Morgan fingerprint density at radius 2 is 1.71 bits per heavy atom. The lowest BCUT2D eigenvalue weighted by Gasteiger charge is -2.05. The summed E-state index contributed by atoms with van der Waals surface area (Å²) in [7, 11) is 0. The number of rotatable bonds is 4. The molecule has 0 heterocycles. The fourth-order valence-corrected chi connectivity index (χ4v) is 1.95. The van der Waals surface area contributed by atoms with Gasteiger partial charge in [-0.2, -0.15) is 0 Å². The number of hydrogen-bond donors (Lipinski definition) is 1. The van der Waals surface area contributed by atoms with Crippen molar-refractivity contribution >= 4 is 11.5 Å². The van der Waals surface area contributed by atoms with E-state index in [0.29, 0.717) is 11.3 Å². The van der Waals surface area contributed by atoms with Gasteiger partial charge in [0.25, 0.3) is 0 Å². The van der Waals surface area contributed by atoms with Crippen LogP contribution in [0.5, 0.6) is 0 Å². The van der Waals surface area contributed by atoms with Gasteiger partial charge in [-0.15, -0.1) is 0 Å². The minimum Gasteiger partial charge on any atom is -0.361 e. The second kappa shape index (κ2) is 6.35. The van der Waals surface area contributed by atoms with Gasteiger partial charge in [0, 0.05) is 23.5 Å². The summed E-state index contributed by atoms with van der Waals surface area (Å²) in [6.45, 7) is 5.86. The lowest BCUT2D eigenvalue weighted by molar-refractivity contribution is 0.104. The molecule has 2 nitrogen and oxygen atoms in total. The van der Waals surface area contributed by atoms with E-state index in [4.69, 9.17) is 0 Å². The van der Waals surface area contributed by atoms with Gasteiger partial charge in [-0.3, -0.25) is 4.79 Å². The Hall–Kier alpha value is -2.42. The topological polar surface area (TPSA) is 29.1 Å². The minimum absolute atomic E-state index is 0.0837. The molecule has 0 aliphatic carbocycles. The van der Waals surface area contributed by atoms with Crippen molar-refractivity contribution in [3.63, 3.8) is 0 Å². The third kappa shape index (κ3) is 3.78. The first-order chi connectivity index (χ1) is 9.97. The number of carbonyl (C=O) groups is 1. The Morgan fingerprint density at radius 3 is 2.43 bits per heavy atom. The van der Waals surface area contributed by atoms with Crippen LogP contribution in [-0.2, 0) is 0 Å². The van der Waals surface area contributed by atoms with Crippen molar-refractivity contribution in [3.05, 3.63) is 76.7 Å². The van der Waals surface area contributed by atoms with E-state index in [9.17, 15) is 9.18 Å². The molecule has 0 fully saturated rings. The lowest BCUT2D eigenvalue weighted by Crippen LogP contribution is -1.98. The second-order valence-corrected chi connectivity index (χ2v) is 5.10. The monoisotopic (exact) mass is 283 g/mol. The summed E-state index contributed by atoms with van der Waals surface area (Å²) in [4.78, 5) is 12.0. The Balaban J connectivity index is 2.08. The predicted octanol–water partition coefficient (Wildman–Crippen LogP) is 4.56. The summed E-state index contributed by atoms with van der Waals surface area (Å²) in [5.74, 6) is -0.392. The van der Waals surface area contributed by atoms with Crippen LogP contribution in [0.1, 0.15) is 27.0 Å². The SMILES string of the molecule is Cc1ccc(C(=O)/C=C/Nc2cc(F)ccc2C)cc1C. The van der Waals surface area contributed by atoms with Crippen molar-refractivity contribution in [1.29, 1.82) is 0 Å². The molecule has 0 radical (unpaired) electrons. The van der Waals surface area contributed by atoms with Gasteiger partial charge < -0.3 is 5.32 Å². The second-order valence-electron chi connectivity index (χ2n) is 5.10. The first-order valence-corrected chi connectivity index (χ1v) is 6.78. The molecule has 1 N–H and O–H groups in total. The molecule has 0 aliphatic rings. The number of aryl methyl sites for hydroxylation is 3. The zero-order valence-electron chi connectivity index (χ0n) is 12.4. The molecule has 0 unspecified atom stereocenters. The Labute approximate surface area is 124 Å². The molecule has 0 spiro atoms. The molecule has 2 aromatic rings. The van der Waals surface area contributed by atoms with Crippen molar-refractivity contribution < 1.29 is 9.18 Å². The summed E-state index contributed by atoms with van der Waals surface area (Å²) in [6.07, 6.45) is 2.99. The van der Waals surface area contributed by atoms with E-state index in [2.05, 4.69) is 5.32 Å². The van der Waals surface area contributed by atoms with Crippen LogP contribution < -0.4 is 5.32 Å². The maximum absolute atomic E-state index is 13.1. The Morgan fingerprint density at radius 1 is 1.00 bits per heavy atom. The van der Waals surface area contributed by atoms with E-state index in [1.54, 1.807) is 12.3 Å². The summed E-state index contributed by atoms with van der Waals surface area (Å²) >= 11 is 0. The maximum Gasteiger partial charge on any atom is 0.187 e. The summed E-state index contributed by atoms with van der Waals surface area (Å²) in [5, 5.41) is 2.94. The average molecular weight is 283 g/mol. The fourth-order valence-electron chi connectivity index (χ4n) is 1.95. The van der Waals surface area contributed by atoms with E-state index in [-0.39, 0.29) is 11.6 Å². The number of ketones is 1. The number of allylic oxidation sites excluding steroid dienone is 1. The number of benzene rings is 2. The van der Waals surface area contributed by atoms with Crippen molar-refractivity contribution in [2.45, 2.75) is 20.8 Å². The van der Waals surface area contributed by atoms with Gasteiger partial charge in [0.2, 0.25) is 0 Å². The molecule has 3 heteroatoms.